The first-order valence-corrected chi connectivity index (χ1v) is 7.82. The third-order valence-corrected chi connectivity index (χ3v) is 3.81. The van der Waals surface area contributed by atoms with Crippen molar-refractivity contribution in [2.75, 3.05) is 0 Å². The molecule has 2 aromatic rings. The molecule has 0 saturated heterocycles. The number of hydrogen-bond acceptors (Lipinski definition) is 4. The Labute approximate surface area is 135 Å². The summed E-state index contributed by atoms with van der Waals surface area (Å²) in [6, 6.07) is 1.79. The molecule has 0 spiro atoms. The van der Waals surface area contributed by atoms with Gasteiger partial charge in [0.1, 0.15) is 11.3 Å². The van der Waals surface area contributed by atoms with Crippen LogP contribution in [0.15, 0.2) is 27.7 Å². The van der Waals surface area contributed by atoms with E-state index >= 15 is 0 Å². The summed E-state index contributed by atoms with van der Waals surface area (Å²) in [6.07, 6.45) is 5.43. The van der Waals surface area contributed by atoms with E-state index in [0.717, 1.165) is 18.4 Å². The van der Waals surface area contributed by atoms with Crippen molar-refractivity contribution in [2.24, 2.45) is 7.05 Å². The van der Waals surface area contributed by atoms with Gasteiger partial charge in [-0.2, -0.15) is 5.10 Å². The molecule has 23 heavy (non-hydrogen) atoms. The van der Waals surface area contributed by atoms with E-state index in [1.165, 1.54) is 0 Å². The maximum absolute atomic E-state index is 12.3. The van der Waals surface area contributed by atoms with E-state index in [-0.39, 0.29) is 11.5 Å². The van der Waals surface area contributed by atoms with Gasteiger partial charge in [-0.15, -0.1) is 0 Å². The molecule has 0 aliphatic heterocycles. The van der Waals surface area contributed by atoms with Gasteiger partial charge in [0, 0.05) is 31.3 Å². The van der Waals surface area contributed by atoms with Crippen molar-refractivity contribution in [2.45, 2.75) is 46.1 Å². The van der Waals surface area contributed by atoms with Crippen LogP contribution in [0.1, 0.15) is 59.9 Å². The number of nitrogens with zero attached hydrogens (tertiary/aromatic N) is 2. The highest BCUT2D eigenvalue weighted by molar-refractivity contribution is 5.95. The molecule has 0 aliphatic rings. The normalized spacial score (nSPS) is 12.2. The minimum Gasteiger partial charge on any atom is -0.427 e. The van der Waals surface area contributed by atoms with Crippen LogP contribution in [0.5, 0.6) is 0 Å². The van der Waals surface area contributed by atoms with Crippen LogP contribution in [0.2, 0.25) is 0 Å². The summed E-state index contributed by atoms with van der Waals surface area (Å²) in [5.41, 5.74) is 1.01. The van der Waals surface area contributed by atoms with E-state index in [0.29, 0.717) is 17.9 Å². The van der Waals surface area contributed by atoms with Crippen molar-refractivity contribution < 1.29 is 9.21 Å². The van der Waals surface area contributed by atoms with Gasteiger partial charge in [0.25, 0.3) is 5.91 Å². The Kier molecular flexibility index (Phi) is 5.36. The predicted octanol–water partition coefficient (Wildman–Crippen LogP) is 2.52. The quantitative estimate of drug-likeness (QED) is 0.888. The number of nitrogens with one attached hydrogen (secondary N) is 1. The number of carbonyl (C=O) groups is 1. The molecule has 2 heterocycles. The number of aromatic nitrogens is 2. The number of hydrogen-bond donors (Lipinski definition) is 1. The topological polar surface area (TPSA) is 77.1 Å². The van der Waals surface area contributed by atoms with Crippen LogP contribution in [0.25, 0.3) is 0 Å². The molecule has 1 unspecified atom stereocenters. The Morgan fingerprint density at radius 1 is 1.48 bits per heavy atom. The Bertz CT molecular complexity index is 746. The van der Waals surface area contributed by atoms with Crippen molar-refractivity contribution in [1.82, 2.24) is 15.1 Å². The maximum Gasteiger partial charge on any atom is 0.349 e. The molecule has 0 radical (unpaired) electrons. The van der Waals surface area contributed by atoms with Crippen LogP contribution in [0.3, 0.4) is 0 Å². The van der Waals surface area contributed by atoms with Crippen molar-refractivity contribution in [3.8, 4) is 0 Å². The average molecular weight is 317 g/mol. The van der Waals surface area contributed by atoms with Crippen molar-refractivity contribution in [1.29, 1.82) is 0 Å². The molecule has 0 aromatic carbocycles. The molecule has 1 N–H and O–H groups in total. The summed E-state index contributed by atoms with van der Waals surface area (Å²) in [6.45, 7) is 6.18. The minimum absolute atomic E-state index is 0.0707. The third-order valence-electron chi connectivity index (χ3n) is 3.81. The molecule has 6 nitrogen and oxygen atoms in total. The number of amides is 1. The Balaban J connectivity index is 2.15. The first kappa shape index (κ1) is 17.0. The van der Waals surface area contributed by atoms with Gasteiger partial charge in [-0.1, -0.05) is 20.3 Å². The van der Waals surface area contributed by atoms with Gasteiger partial charge >= 0.3 is 5.63 Å². The smallest absolute Gasteiger partial charge is 0.349 e. The zero-order valence-electron chi connectivity index (χ0n) is 14.0. The third kappa shape index (κ3) is 4.09. The Morgan fingerprint density at radius 3 is 2.78 bits per heavy atom. The van der Waals surface area contributed by atoms with Gasteiger partial charge in [-0.05, 0) is 25.0 Å². The summed E-state index contributed by atoms with van der Waals surface area (Å²) in [7, 11) is 1.81. The van der Waals surface area contributed by atoms with E-state index in [1.54, 1.807) is 30.9 Å². The molecule has 1 atom stereocenters. The van der Waals surface area contributed by atoms with Crippen molar-refractivity contribution >= 4 is 5.91 Å². The van der Waals surface area contributed by atoms with Gasteiger partial charge < -0.3 is 9.73 Å². The van der Waals surface area contributed by atoms with E-state index < -0.39 is 11.5 Å². The monoisotopic (exact) mass is 317 g/mol. The van der Waals surface area contributed by atoms with Crippen LogP contribution < -0.4 is 10.9 Å². The highest BCUT2D eigenvalue weighted by Gasteiger charge is 2.18. The minimum atomic E-state index is -0.577. The van der Waals surface area contributed by atoms with Crippen LogP contribution in [0, 0.1) is 6.92 Å². The van der Waals surface area contributed by atoms with E-state index in [2.05, 4.69) is 17.3 Å². The molecule has 0 fully saturated rings. The van der Waals surface area contributed by atoms with E-state index in [4.69, 9.17) is 4.42 Å². The largest absolute Gasteiger partial charge is 0.427 e. The molecule has 2 aromatic heterocycles. The van der Waals surface area contributed by atoms with Gasteiger partial charge in [-0.25, -0.2) is 4.79 Å². The maximum atomic E-state index is 12.3. The standard InChI is InChI=1S/C17H23N3O3/c1-5-6-11(2)14-7-12(3)15(17(22)23-14)16(21)18-8-13-9-19-20(4)10-13/h7,9-11H,5-6,8H2,1-4H3,(H,18,21). The highest BCUT2D eigenvalue weighted by Crippen LogP contribution is 2.21. The second-order valence-electron chi connectivity index (χ2n) is 5.89. The second-order valence-corrected chi connectivity index (χ2v) is 5.89. The van der Waals surface area contributed by atoms with Crippen LogP contribution in [-0.2, 0) is 13.6 Å². The fourth-order valence-corrected chi connectivity index (χ4v) is 2.56. The van der Waals surface area contributed by atoms with Crippen LogP contribution in [0.4, 0.5) is 0 Å². The number of rotatable bonds is 6. The number of aryl methyl sites for hydroxylation is 2. The first-order valence-electron chi connectivity index (χ1n) is 7.82. The van der Waals surface area contributed by atoms with Gasteiger partial charge in [-0.3, -0.25) is 9.48 Å². The first-order chi connectivity index (χ1) is 10.9. The average Bonchev–Trinajstić information content (AvgIpc) is 2.90. The molecular weight excluding hydrogens is 294 g/mol. The lowest BCUT2D eigenvalue weighted by Gasteiger charge is -2.11. The summed E-state index contributed by atoms with van der Waals surface area (Å²) < 4.78 is 7.01. The summed E-state index contributed by atoms with van der Waals surface area (Å²) in [4.78, 5) is 24.5. The van der Waals surface area contributed by atoms with Crippen molar-refractivity contribution in [3.05, 3.63) is 51.3 Å². The molecule has 2 rings (SSSR count). The summed E-state index contributed by atoms with van der Waals surface area (Å²) in [5.74, 6) is 0.381. The fraction of sp³-hybridized carbons (Fsp3) is 0.471. The second kappa shape index (κ2) is 7.26. The molecule has 1 amide bonds. The van der Waals surface area contributed by atoms with Crippen LogP contribution in [-0.4, -0.2) is 15.7 Å². The van der Waals surface area contributed by atoms with Gasteiger partial charge in [0.05, 0.1) is 6.20 Å². The highest BCUT2D eigenvalue weighted by atomic mass is 16.4. The fourth-order valence-electron chi connectivity index (χ4n) is 2.56. The molecular formula is C17H23N3O3. The van der Waals surface area contributed by atoms with Gasteiger partial charge in [0.2, 0.25) is 0 Å². The van der Waals surface area contributed by atoms with Crippen LogP contribution >= 0.6 is 0 Å². The van der Waals surface area contributed by atoms with E-state index in [1.807, 2.05) is 13.1 Å². The lowest BCUT2D eigenvalue weighted by atomic mass is 10.0. The van der Waals surface area contributed by atoms with E-state index in [9.17, 15) is 9.59 Å². The molecule has 0 aliphatic carbocycles. The molecule has 0 saturated carbocycles. The zero-order chi connectivity index (χ0) is 17.0. The summed E-state index contributed by atoms with van der Waals surface area (Å²) in [5, 5.41) is 6.77. The van der Waals surface area contributed by atoms with Gasteiger partial charge in [0.15, 0.2) is 0 Å². The molecule has 124 valence electrons. The molecule has 0 bridgehead atoms. The lowest BCUT2D eigenvalue weighted by Crippen LogP contribution is -2.29. The molecule has 6 heteroatoms. The number of carbonyl (C=O) groups excluding carboxylic acids is 1. The predicted molar refractivity (Wildman–Crippen MR) is 87.4 cm³/mol. The Hall–Kier alpha value is -2.37. The zero-order valence-corrected chi connectivity index (χ0v) is 14.0. The van der Waals surface area contributed by atoms with Crippen molar-refractivity contribution in [3.63, 3.8) is 0 Å². The summed E-state index contributed by atoms with van der Waals surface area (Å²) >= 11 is 0. The SMILES string of the molecule is CCCC(C)c1cc(C)c(C(=O)NCc2cnn(C)c2)c(=O)o1. The Morgan fingerprint density at radius 2 is 2.22 bits per heavy atom. The lowest BCUT2D eigenvalue weighted by molar-refractivity contribution is 0.0945.